The third kappa shape index (κ3) is 2.03. The highest BCUT2D eigenvalue weighted by molar-refractivity contribution is 9.10. The maximum absolute atomic E-state index is 13.7. The molecule has 0 aliphatic carbocycles. The molecule has 0 saturated heterocycles. The second-order valence-corrected chi connectivity index (χ2v) is 4.75. The average molecular weight is 279 g/mol. The van der Waals surface area contributed by atoms with Crippen LogP contribution in [0.1, 0.15) is 11.1 Å². The van der Waals surface area contributed by atoms with Crippen LogP contribution in [0.4, 0.5) is 4.39 Å². The average Bonchev–Trinajstić information content (AvgIpc) is 2.25. The first kappa shape index (κ1) is 11.3. The summed E-state index contributed by atoms with van der Waals surface area (Å²) in [5, 5.41) is 0. The van der Waals surface area contributed by atoms with Gasteiger partial charge in [0.15, 0.2) is 0 Å². The molecule has 0 fully saturated rings. The molecule has 0 N–H and O–H groups in total. The van der Waals surface area contributed by atoms with E-state index in [1.54, 1.807) is 12.1 Å². The van der Waals surface area contributed by atoms with Gasteiger partial charge < -0.3 is 0 Å². The van der Waals surface area contributed by atoms with Crippen LogP contribution in [0.25, 0.3) is 11.1 Å². The summed E-state index contributed by atoms with van der Waals surface area (Å²) in [6.07, 6.45) is 0. The van der Waals surface area contributed by atoms with Crippen LogP contribution in [-0.4, -0.2) is 0 Å². The van der Waals surface area contributed by atoms with Crippen LogP contribution in [0.3, 0.4) is 0 Å². The van der Waals surface area contributed by atoms with Crippen molar-refractivity contribution in [2.75, 3.05) is 0 Å². The number of hydrogen-bond acceptors (Lipinski definition) is 0. The van der Waals surface area contributed by atoms with Gasteiger partial charge in [-0.1, -0.05) is 40.2 Å². The summed E-state index contributed by atoms with van der Waals surface area (Å²) in [4.78, 5) is 0. The van der Waals surface area contributed by atoms with Crippen molar-refractivity contribution in [3.8, 4) is 11.1 Å². The number of hydrogen-bond donors (Lipinski definition) is 0. The topological polar surface area (TPSA) is 0 Å². The quantitative estimate of drug-likeness (QED) is 0.698. The normalized spacial score (nSPS) is 10.5. The summed E-state index contributed by atoms with van der Waals surface area (Å²) >= 11 is 3.48. The molecule has 82 valence electrons. The fourth-order valence-corrected chi connectivity index (χ4v) is 2.14. The van der Waals surface area contributed by atoms with Crippen LogP contribution in [0, 0.1) is 19.7 Å². The Hall–Kier alpha value is -1.15. The van der Waals surface area contributed by atoms with E-state index < -0.39 is 0 Å². The van der Waals surface area contributed by atoms with Crippen molar-refractivity contribution in [2.45, 2.75) is 13.8 Å². The van der Waals surface area contributed by atoms with E-state index in [-0.39, 0.29) is 5.82 Å². The molecule has 0 nitrogen and oxygen atoms in total. The zero-order chi connectivity index (χ0) is 11.7. The summed E-state index contributed by atoms with van der Waals surface area (Å²) in [5.74, 6) is -0.179. The maximum Gasteiger partial charge on any atom is 0.131 e. The highest BCUT2D eigenvalue weighted by atomic mass is 79.9. The molecular formula is C14H12BrF. The minimum atomic E-state index is -0.179. The fourth-order valence-electron chi connectivity index (χ4n) is 1.80. The second kappa shape index (κ2) is 4.38. The lowest BCUT2D eigenvalue weighted by molar-refractivity contribution is 0.631. The van der Waals surface area contributed by atoms with Gasteiger partial charge in [-0.2, -0.15) is 0 Å². The van der Waals surface area contributed by atoms with Crippen molar-refractivity contribution in [3.05, 3.63) is 57.8 Å². The molecule has 0 spiro atoms. The first-order chi connectivity index (χ1) is 7.59. The van der Waals surface area contributed by atoms with Gasteiger partial charge >= 0.3 is 0 Å². The summed E-state index contributed by atoms with van der Waals surface area (Å²) in [6, 6.07) is 10.9. The predicted molar refractivity (Wildman–Crippen MR) is 69.0 cm³/mol. The van der Waals surface area contributed by atoms with Gasteiger partial charge in [-0.15, -0.1) is 0 Å². The summed E-state index contributed by atoms with van der Waals surface area (Å²) in [6.45, 7) is 4.03. The molecule has 0 saturated carbocycles. The number of halogens is 2. The molecule has 0 aliphatic heterocycles. The fraction of sp³-hybridized carbons (Fsp3) is 0.143. The van der Waals surface area contributed by atoms with E-state index >= 15 is 0 Å². The third-order valence-corrected chi connectivity index (χ3v) is 3.52. The van der Waals surface area contributed by atoms with Crippen molar-refractivity contribution in [1.29, 1.82) is 0 Å². The lowest BCUT2D eigenvalue weighted by atomic mass is 9.98. The van der Waals surface area contributed by atoms with E-state index in [9.17, 15) is 4.39 Å². The van der Waals surface area contributed by atoms with E-state index in [1.165, 1.54) is 6.07 Å². The van der Waals surface area contributed by atoms with Crippen LogP contribution in [0.2, 0.25) is 0 Å². The molecule has 0 amide bonds. The van der Waals surface area contributed by atoms with Crippen LogP contribution in [0.15, 0.2) is 40.9 Å². The first-order valence-electron chi connectivity index (χ1n) is 5.11. The highest BCUT2D eigenvalue weighted by Gasteiger charge is 2.08. The first-order valence-corrected chi connectivity index (χ1v) is 5.90. The molecule has 0 bridgehead atoms. The summed E-state index contributed by atoms with van der Waals surface area (Å²) in [5.41, 5.74) is 3.85. The van der Waals surface area contributed by atoms with E-state index in [0.29, 0.717) is 5.56 Å². The molecule has 16 heavy (non-hydrogen) atoms. The molecule has 2 aromatic rings. The van der Waals surface area contributed by atoms with Crippen molar-refractivity contribution < 1.29 is 4.39 Å². The summed E-state index contributed by atoms with van der Waals surface area (Å²) in [7, 11) is 0. The van der Waals surface area contributed by atoms with E-state index in [2.05, 4.69) is 22.0 Å². The largest absolute Gasteiger partial charge is 0.206 e. The smallest absolute Gasteiger partial charge is 0.131 e. The Morgan fingerprint density at radius 3 is 2.31 bits per heavy atom. The van der Waals surface area contributed by atoms with Gasteiger partial charge in [0.25, 0.3) is 0 Å². The van der Waals surface area contributed by atoms with E-state index in [0.717, 1.165) is 21.2 Å². The molecule has 0 radical (unpaired) electrons. The molecule has 2 aromatic carbocycles. The van der Waals surface area contributed by atoms with Gasteiger partial charge in [0.05, 0.1) is 0 Å². The van der Waals surface area contributed by atoms with Crippen LogP contribution in [-0.2, 0) is 0 Å². The SMILES string of the molecule is Cc1cc(C)c(-c2ccccc2F)cc1Br. The Morgan fingerprint density at radius 1 is 0.938 bits per heavy atom. The molecule has 0 aromatic heterocycles. The lowest BCUT2D eigenvalue weighted by Crippen LogP contribution is -1.89. The molecule has 2 heteroatoms. The molecule has 0 atom stereocenters. The zero-order valence-electron chi connectivity index (χ0n) is 9.22. The van der Waals surface area contributed by atoms with E-state index in [4.69, 9.17) is 0 Å². The lowest BCUT2D eigenvalue weighted by Gasteiger charge is -2.09. The van der Waals surface area contributed by atoms with Gasteiger partial charge in [0.1, 0.15) is 5.82 Å². The Kier molecular flexibility index (Phi) is 3.10. The Bertz CT molecular complexity index is 532. The Balaban J connectivity index is 2.65. The van der Waals surface area contributed by atoms with Crippen molar-refractivity contribution in [3.63, 3.8) is 0 Å². The molecule has 2 rings (SSSR count). The van der Waals surface area contributed by atoms with Gasteiger partial charge in [-0.3, -0.25) is 0 Å². The van der Waals surface area contributed by atoms with Crippen molar-refractivity contribution >= 4 is 15.9 Å². The maximum atomic E-state index is 13.7. The highest BCUT2D eigenvalue weighted by Crippen LogP contribution is 2.30. The van der Waals surface area contributed by atoms with Crippen molar-refractivity contribution in [2.24, 2.45) is 0 Å². The summed E-state index contributed by atoms with van der Waals surface area (Å²) < 4.78 is 14.7. The Morgan fingerprint density at radius 2 is 1.62 bits per heavy atom. The van der Waals surface area contributed by atoms with Gasteiger partial charge in [0.2, 0.25) is 0 Å². The molecule has 0 heterocycles. The molecular weight excluding hydrogens is 267 g/mol. The third-order valence-electron chi connectivity index (χ3n) is 2.67. The predicted octanol–water partition coefficient (Wildman–Crippen LogP) is 4.87. The Labute approximate surface area is 103 Å². The molecule has 0 unspecified atom stereocenters. The zero-order valence-corrected chi connectivity index (χ0v) is 10.8. The monoisotopic (exact) mass is 278 g/mol. The van der Waals surface area contributed by atoms with Gasteiger partial charge in [-0.05, 0) is 42.7 Å². The standard InChI is InChI=1S/C14H12BrF/c1-9-7-10(2)13(15)8-12(9)11-5-3-4-6-14(11)16/h3-8H,1-2H3. The van der Waals surface area contributed by atoms with E-state index in [1.807, 2.05) is 26.0 Å². The number of aryl methyl sites for hydroxylation is 2. The second-order valence-electron chi connectivity index (χ2n) is 3.90. The van der Waals surface area contributed by atoms with Crippen LogP contribution in [0.5, 0.6) is 0 Å². The van der Waals surface area contributed by atoms with Crippen LogP contribution >= 0.6 is 15.9 Å². The minimum absolute atomic E-state index is 0.179. The minimum Gasteiger partial charge on any atom is -0.206 e. The van der Waals surface area contributed by atoms with Gasteiger partial charge in [0, 0.05) is 10.0 Å². The van der Waals surface area contributed by atoms with Gasteiger partial charge in [-0.25, -0.2) is 4.39 Å². The van der Waals surface area contributed by atoms with Crippen molar-refractivity contribution in [1.82, 2.24) is 0 Å². The number of rotatable bonds is 1. The van der Waals surface area contributed by atoms with Crippen LogP contribution < -0.4 is 0 Å². The molecule has 0 aliphatic rings. The number of benzene rings is 2.